The molecule has 2 saturated heterocycles. The van der Waals surface area contributed by atoms with Crippen molar-refractivity contribution in [3.8, 4) is 0 Å². The summed E-state index contributed by atoms with van der Waals surface area (Å²) in [6, 6.07) is 8.32. The van der Waals surface area contributed by atoms with E-state index < -0.39 is 0 Å². The molecule has 36 heavy (non-hydrogen) atoms. The summed E-state index contributed by atoms with van der Waals surface area (Å²) in [6.45, 7) is 8.92. The number of rotatable bonds is 7. The van der Waals surface area contributed by atoms with Crippen molar-refractivity contribution in [1.82, 2.24) is 24.3 Å². The Hall–Kier alpha value is -3.79. The van der Waals surface area contributed by atoms with Crippen molar-refractivity contribution in [2.45, 2.75) is 13.0 Å². The molecule has 1 N–H and O–H groups in total. The van der Waals surface area contributed by atoms with Gasteiger partial charge in [0.05, 0.1) is 5.69 Å². The van der Waals surface area contributed by atoms with Crippen molar-refractivity contribution in [3.63, 3.8) is 0 Å². The van der Waals surface area contributed by atoms with Crippen LogP contribution in [-0.4, -0.2) is 76.6 Å². The third kappa shape index (κ3) is 4.94. The number of aryl methyl sites for hydroxylation is 1. The Bertz CT molecular complexity index is 1340. The molecule has 0 spiro atoms. The molecule has 0 unspecified atom stereocenters. The normalized spacial score (nSPS) is 16.7. The summed E-state index contributed by atoms with van der Waals surface area (Å²) < 4.78 is 16.6. The predicted octanol–water partition coefficient (Wildman–Crippen LogP) is 2.46. The fourth-order valence-electron chi connectivity index (χ4n) is 4.71. The molecule has 3 aromatic rings. The number of anilines is 3. The molecule has 10 heteroatoms. The maximum atomic E-state index is 14.9. The molecule has 2 aliphatic heterocycles. The zero-order valence-corrected chi connectivity index (χ0v) is 20.4. The van der Waals surface area contributed by atoms with E-state index in [4.69, 9.17) is 0 Å². The summed E-state index contributed by atoms with van der Waals surface area (Å²) in [5.74, 6) is 0.0907. The van der Waals surface area contributed by atoms with Crippen molar-refractivity contribution in [3.05, 3.63) is 65.4 Å². The summed E-state index contributed by atoms with van der Waals surface area (Å²) >= 11 is 0. The molecule has 0 atom stereocenters. The molecule has 2 aromatic heterocycles. The van der Waals surface area contributed by atoms with Gasteiger partial charge in [0.15, 0.2) is 0 Å². The molecule has 1 aromatic carbocycles. The Morgan fingerprint density at radius 1 is 1.19 bits per heavy atom. The van der Waals surface area contributed by atoms with Gasteiger partial charge < -0.3 is 20.0 Å². The molecule has 2 fully saturated rings. The topological polar surface area (TPSA) is 86.6 Å². The molecule has 0 saturated carbocycles. The number of nitrogens with zero attached hydrogens (tertiary/aromatic N) is 6. The van der Waals surface area contributed by atoms with Gasteiger partial charge in [0.25, 0.3) is 5.56 Å². The third-order valence-corrected chi connectivity index (χ3v) is 7.00. The number of hydrogen-bond acceptors (Lipinski definition) is 7. The van der Waals surface area contributed by atoms with E-state index in [1.54, 1.807) is 27.8 Å². The van der Waals surface area contributed by atoms with Gasteiger partial charge in [-0.15, -0.1) is 0 Å². The second-order valence-electron chi connectivity index (χ2n) is 9.48. The zero-order chi connectivity index (χ0) is 25.2. The van der Waals surface area contributed by atoms with Crippen LogP contribution < -0.4 is 15.8 Å². The van der Waals surface area contributed by atoms with E-state index >= 15 is 0 Å². The number of likely N-dealkylation sites (tertiary alicyclic amines) is 1. The van der Waals surface area contributed by atoms with Crippen molar-refractivity contribution in [2.75, 3.05) is 56.5 Å². The maximum absolute atomic E-state index is 14.9. The summed E-state index contributed by atoms with van der Waals surface area (Å²) in [6.07, 6.45) is 3.69. The van der Waals surface area contributed by atoms with E-state index in [-0.39, 0.29) is 28.9 Å². The average Bonchev–Trinajstić information content (AvgIpc) is 2.85. The summed E-state index contributed by atoms with van der Waals surface area (Å²) in [7, 11) is 2.08. The van der Waals surface area contributed by atoms with Crippen LogP contribution in [-0.2, 0) is 11.3 Å². The third-order valence-electron chi connectivity index (χ3n) is 7.00. The van der Waals surface area contributed by atoms with Crippen LogP contribution in [0.3, 0.4) is 0 Å². The van der Waals surface area contributed by atoms with Gasteiger partial charge in [-0.25, -0.2) is 9.37 Å². The van der Waals surface area contributed by atoms with Gasteiger partial charge in [0.1, 0.15) is 11.5 Å². The largest absolute Gasteiger partial charge is 0.369 e. The summed E-state index contributed by atoms with van der Waals surface area (Å²) in [4.78, 5) is 39.3. The zero-order valence-electron chi connectivity index (χ0n) is 20.4. The van der Waals surface area contributed by atoms with Gasteiger partial charge in [-0.3, -0.25) is 14.2 Å². The van der Waals surface area contributed by atoms with Gasteiger partial charge >= 0.3 is 0 Å². The second kappa shape index (κ2) is 10.1. The molecular formula is C26H30FN7O2. The number of hydrogen-bond donors (Lipinski definition) is 1. The van der Waals surface area contributed by atoms with Gasteiger partial charge in [-0.1, -0.05) is 6.58 Å². The van der Waals surface area contributed by atoms with Crippen LogP contribution in [0.2, 0.25) is 0 Å². The number of benzene rings is 1. The monoisotopic (exact) mass is 491 g/mol. The highest BCUT2D eigenvalue weighted by Gasteiger charge is 2.29. The standard InChI is InChI=1S/C26H30FN7O2/c1-3-23(35)33-16-18(17-33)8-9-34-24(36)7-4-19-15-28-26(30-25(19)34)29-22-6-5-20(14-21(22)27)32-12-10-31(2)11-13-32/h3-7,14-15,18H,1,8-13,16-17H2,2H3,(H,28,29,30). The van der Waals surface area contributed by atoms with E-state index in [2.05, 4.69) is 38.7 Å². The van der Waals surface area contributed by atoms with Crippen LogP contribution in [0, 0.1) is 11.7 Å². The number of aromatic nitrogens is 3. The second-order valence-corrected chi connectivity index (χ2v) is 9.48. The average molecular weight is 492 g/mol. The maximum Gasteiger partial charge on any atom is 0.252 e. The number of carbonyl (C=O) groups excluding carboxylic acids is 1. The Kier molecular flexibility index (Phi) is 6.69. The minimum atomic E-state index is -0.385. The predicted molar refractivity (Wildman–Crippen MR) is 138 cm³/mol. The number of pyridine rings is 1. The fourth-order valence-corrected chi connectivity index (χ4v) is 4.71. The number of fused-ring (bicyclic) bond motifs is 1. The van der Waals surface area contributed by atoms with Crippen LogP contribution in [0.4, 0.5) is 21.7 Å². The molecule has 1 amide bonds. The summed E-state index contributed by atoms with van der Waals surface area (Å²) in [5, 5.41) is 3.69. The van der Waals surface area contributed by atoms with Crippen LogP contribution in [0.1, 0.15) is 6.42 Å². The van der Waals surface area contributed by atoms with Crippen molar-refractivity contribution in [2.24, 2.45) is 5.92 Å². The highest BCUT2D eigenvalue weighted by Crippen LogP contribution is 2.25. The van der Waals surface area contributed by atoms with Crippen molar-refractivity contribution >= 4 is 34.3 Å². The van der Waals surface area contributed by atoms with Crippen LogP contribution in [0.5, 0.6) is 0 Å². The molecule has 0 radical (unpaired) electrons. The number of halogens is 1. The number of amides is 1. The molecular weight excluding hydrogens is 461 g/mol. The van der Waals surface area contributed by atoms with Crippen LogP contribution in [0.25, 0.3) is 11.0 Å². The van der Waals surface area contributed by atoms with Crippen LogP contribution in [0.15, 0.2) is 54.0 Å². The number of piperazine rings is 1. The number of likely N-dealkylation sites (N-methyl/N-ethyl adjacent to an activating group) is 1. The lowest BCUT2D eigenvalue weighted by molar-refractivity contribution is -0.132. The number of nitrogens with one attached hydrogen (secondary N) is 1. The van der Waals surface area contributed by atoms with Crippen molar-refractivity contribution < 1.29 is 9.18 Å². The Balaban J connectivity index is 1.31. The Morgan fingerprint density at radius 3 is 2.69 bits per heavy atom. The lowest BCUT2D eigenvalue weighted by Crippen LogP contribution is -2.49. The Morgan fingerprint density at radius 2 is 1.97 bits per heavy atom. The molecule has 2 aliphatic rings. The van der Waals surface area contributed by atoms with Gasteiger partial charge in [-0.05, 0) is 49.7 Å². The van der Waals surface area contributed by atoms with E-state index in [0.717, 1.165) is 43.7 Å². The highest BCUT2D eigenvalue weighted by atomic mass is 19.1. The van der Waals surface area contributed by atoms with Crippen LogP contribution >= 0.6 is 0 Å². The summed E-state index contributed by atoms with van der Waals surface area (Å²) in [5.41, 5.74) is 1.46. The quantitative estimate of drug-likeness (QED) is 0.508. The smallest absolute Gasteiger partial charge is 0.252 e. The minimum absolute atomic E-state index is 0.0687. The van der Waals surface area contributed by atoms with Gasteiger partial charge in [0, 0.05) is 69.2 Å². The highest BCUT2D eigenvalue weighted by molar-refractivity contribution is 5.87. The van der Waals surface area contributed by atoms with Gasteiger partial charge in [-0.2, -0.15) is 4.98 Å². The molecule has 4 heterocycles. The van der Waals surface area contributed by atoms with E-state index in [9.17, 15) is 14.0 Å². The first kappa shape index (κ1) is 23.9. The molecule has 9 nitrogen and oxygen atoms in total. The van der Waals surface area contributed by atoms with E-state index in [1.807, 2.05) is 6.07 Å². The van der Waals surface area contributed by atoms with E-state index in [1.165, 1.54) is 18.2 Å². The fraction of sp³-hybridized carbons (Fsp3) is 0.385. The molecule has 188 valence electrons. The van der Waals surface area contributed by atoms with E-state index in [0.29, 0.717) is 31.2 Å². The molecule has 5 rings (SSSR count). The van der Waals surface area contributed by atoms with Crippen molar-refractivity contribution in [1.29, 1.82) is 0 Å². The SMILES string of the molecule is C=CC(=O)N1CC(CCn2c(=O)ccc3cnc(Nc4ccc(N5CCN(C)CC5)cc4F)nc32)C1. The lowest BCUT2D eigenvalue weighted by Gasteiger charge is -2.38. The first-order valence-electron chi connectivity index (χ1n) is 12.2. The minimum Gasteiger partial charge on any atom is -0.369 e. The molecule has 0 bridgehead atoms. The first-order chi connectivity index (χ1) is 17.4. The Labute approximate surface area is 208 Å². The number of carbonyl (C=O) groups is 1. The lowest BCUT2D eigenvalue weighted by atomic mass is 9.96. The van der Waals surface area contributed by atoms with Gasteiger partial charge in [0.2, 0.25) is 11.9 Å². The molecule has 0 aliphatic carbocycles. The first-order valence-corrected chi connectivity index (χ1v) is 12.2.